The Balaban J connectivity index is 1.80. The number of carbonyl (C=O) groups excluding carboxylic acids is 3. The highest BCUT2D eigenvalue weighted by Gasteiger charge is 2.79. The topological polar surface area (TPSA) is 169 Å². The van der Waals surface area contributed by atoms with E-state index in [1.165, 1.54) is 27.7 Å². The first-order chi connectivity index (χ1) is 19.5. The van der Waals surface area contributed by atoms with Crippen LogP contribution < -0.4 is 0 Å². The number of aliphatic hydroxyl groups excluding tert-OH is 3. The maximum Gasteiger partial charge on any atom is 0.338 e. The Morgan fingerprint density at radius 2 is 1.67 bits per heavy atom. The molecule has 4 aliphatic rings. The summed E-state index contributed by atoms with van der Waals surface area (Å²) < 4.78 is 24.1. The molecule has 1 aliphatic heterocycles. The SMILES string of the molecule is CC(=O)OC1C2C3(OC(C)=O)COC3CC(OC(=O)c3ccccc3)C2(C)C(O)C(O)C2=C(C)C(O)CC21C(C)(C)O. The molecule has 0 amide bonds. The number of carbonyl (C=O) groups is 3. The maximum atomic E-state index is 13.4. The van der Waals surface area contributed by atoms with Crippen molar-refractivity contribution in [3.63, 3.8) is 0 Å². The van der Waals surface area contributed by atoms with Gasteiger partial charge in [0.1, 0.15) is 24.4 Å². The van der Waals surface area contributed by atoms with E-state index in [1.807, 2.05) is 0 Å². The molecule has 1 aromatic carbocycles. The van der Waals surface area contributed by atoms with Crippen LogP contribution in [0, 0.1) is 16.7 Å². The molecule has 3 aliphatic carbocycles. The van der Waals surface area contributed by atoms with Crippen molar-refractivity contribution in [1.82, 2.24) is 0 Å². The third kappa shape index (κ3) is 4.16. The number of aliphatic hydroxyl groups is 4. The van der Waals surface area contributed by atoms with Gasteiger partial charge in [0.15, 0.2) is 5.60 Å². The van der Waals surface area contributed by atoms with Crippen LogP contribution in [-0.4, -0.2) is 92.8 Å². The molecule has 0 aromatic heterocycles. The fraction of sp³-hybridized carbons (Fsp3) is 0.645. The highest BCUT2D eigenvalue weighted by molar-refractivity contribution is 5.89. The Bertz CT molecular complexity index is 1300. The molecule has 0 bridgehead atoms. The number of ether oxygens (including phenoxy) is 4. The molecule has 4 N–H and O–H groups in total. The lowest BCUT2D eigenvalue weighted by atomic mass is 9.49. The monoisotopic (exact) mass is 588 g/mol. The molecule has 11 heteroatoms. The highest BCUT2D eigenvalue weighted by Crippen LogP contribution is 2.68. The number of benzene rings is 1. The molecule has 1 aromatic rings. The van der Waals surface area contributed by atoms with E-state index < -0.39 is 82.5 Å². The zero-order valence-electron chi connectivity index (χ0n) is 24.7. The second-order valence-electron chi connectivity index (χ2n) is 13.0. The molecule has 0 spiro atoms. The van der Waals surface area contributed by atoms with Crippen molar-refractivity contribution >= 4 is 17.9 Å². The quantitative estimate of drug-likeness (QED) is 0.223. The first-order valence-corrected chi connectivity index (χ1v) is 14.2. The average molecular weight is 589 g/mol. The van der Waals surface area contributed by atoms with Gasteiger partial charge < -0.3 is 39.4 Å². The Morgan fingerprint density at radius 3 is 2.19 bits per heavy atom. The van der Waals surface area contributed by atoms with Gasteiger partial charge in [-0.2, -0.15) is 0 Å². The van der Waals surface area contributed by atoms with Crippen molar-refractivity contribution in [1.29, 1.82) is 0 Å². The largest absolute Gasteiger partial charge is 0.461 e. The number of fused-ring (bicyclic) bond motifs is 4. The zero-order valence-corrected chi connectivity index (χ0v) is 24.7. The molecular weight excluding hydrogens is 548 g/mol. The fourth-order valence-electron chi connectivity index (χ4n) is 8.35. The van der Waals surface area contributed by atoms with E-state index in [0.717, 1.165) is 0 Å². The number of esters is 3. The van der Waals surface area contributed by atoms with E-state index in [-0.39, 0.29) is 30.6 Å². The van der Waals surface area contributed by atoms with E-state index >= 15 is 0 Å². The van der Waals surface area contributed by atoms with Gasteiger partial charge in [-0.15, -0.1) is 0 Å². The van der Waals surface area contributed by atoms with Gasteiger partial charge in [0.05, 0.1) is 41.3 Å². The number of rotatable bonds is 5. The van der Waals surface area contributed by atoms with Crippen molar-refractivity contribution < 1.29 is 53.8 Å². The van der Waals surface area contributed by atoms with E-state index in [4.69, 9.17) is 18.9 Å². The van der Waals surface area contributed by atoms with E-state index in [2.05, 4.69) is 0 Å². The molecule has 1 heterocycles. The molecule has 2 saturated carbocycles. The average Bonchev–Trinajstić information content (AvgIpc) is 3.15. The van der Waals surface area contributed by atoms with Crippen molar-refractivity contribution in [2.75, 3.05) is 6.61 Å². The summed E-state index contributed by atoms with van der Waals surface area (Å²) in [6.07, 6.45) is -7.94. The van der Waals surface area contributed by atoms with Crippen molar-refractivity contribution in [3.8, 4) is 0 Å². The minimum Gasteiger partial charge on any atom is -0.461 e. The summed E-state index contributed by atoms with van der Waals surface area (Å²) in [5.41, 5.74) is -5.74. The highest BCUT2D eigenvalue weighted by atomic mass is 16.6. The molecule has 1 saturated heterocycles. The Hall–Kier alpha value is -2.83. The summed E-state index contributed by atoms with van der Waals surface area (Å²) in [7, 11) is 0. The molecule has 42 heavy (non-hydrogen) atoms. The van der Waals surface area contributed by atoms with Crippen molar-refractivity contribution in [3.05, 3.63) is 47.0 Å². The second kappa shape index (κ2) is 10.1. The van der Waals surface area contributed by atoms with Crippen LogP contribution in [-0.2, 0) is 28.5 Å². The molecule has 3 fully saturated rings. The van der Waals surface area contributed by atoms with Gasteiger partial charge in [-0.25, -0.2) is 4.79 Å². The molecular formula is C31H40O11. The second-order valence-corrected chi connectivity index (χ2v) is 13.0. The summed E-state index contributed by atoms with van der Waals surface area (Å²) in [6, 6.07) is 8.27. The standard InChI is InChI=1S/C31H40O11/c1-15-19(34)13-30(28(4,5)38)22(15)23(35)25(36)29(6)20(41-27(37)18-10-8-7-9-11-18)12-21-31(14-39-21,42-17(3)33)24(29)26(30)40-16(2)32/h7-11,19-21,23-26,34-36,38H,12-14H2,1-6H3. The molecule has 11 nitrogen and oxygen atoms in total. The van der Waals surface area contributed by atoms with Gasteiger partial charge in [-0.05, 0) is 50.5 Å². The smallest absolute Gasteiger partial charge is 0.338 e. The first kappa shape index (κ1) is 30.6. The predicted molar refractivity (Wildman–Crippen MR) is 146 cm³/mol. The van der Waals surface area contributed by atoms with Gasteiger partial charge in [0, 0.05) is 25.7 Å². The third-order valence-corrected chi connectivity index (χ3v) is 10.3. The molecule has 5 rings (SSSR count). The lowest BCUT2D eigenvalue weighted by Gasteiger charge is -2.65. The maximum absolute atomic E-state index is 13.4. The van der Waals surface area contributed by atoms with Gasteiger partial charge >= 0.3 is 17.9 Å². The van der Waals surface area contributed by atoms with Crippen LogP contribution in [0.5, 0.6) is 0 Å². The van der Waals surface area contributed by atoms with Crippen LogP contribution in [0.15, 0.2) is 41.5 Å². The first-order valence-electron chi connectivity index (χ1n) is 14.2. The summed E-state index contributed by atoms with van der Waals surface area (Å²) in [4.78, 5) is 38.8. The van der Waals surface area contributed by atoms with Gasteiger partial charge in [0.2, 0.25) is 0 Å². The van der Waals surface area contributed by atoms with Gasteiger partial charge in [0.25, 0.3) is 0 Å². The van der Waals surface area contributed by atoms with Crippen molar-refractivity contribution in [2.45, 2.75) is 102 Å². The van der Waals surface area contributed by atoms with Gasteiger partial charge in [-0.3, -0.25) is 9.59 Å². The third-order valence-electron chi connectivity index (χ3n) is 10.3. The Kier molecular flexibility index (Phi) is 7.38. The minimum absolute atomic E-state index is 0.00555. The van der Waals surface area contributed by atoms with Crippen molar-refractivity contribution in [2.24, 2.45) is 16.7 Å². The normalized spacial score (nSPS) is 41.0. The molecule has 10 unspecified atom stereocenters. The predicted octanol–water partition coefficient (Wildman–Crippen LogP) is 1.44. The summed E-state index contributed by atoms with van der Waals surface area (Å²) in [6.45, 7) is 8.47. The summed E-state index contributed by atoms with van der Waals surface area (Å²) in [5, 5.41) is 47.1. The number of hydrogen-bond donors (Lipinski definition) is 4. The van der Waals surface area contributed by atoms with E-state index in [0.29, 0.717) is 5.57 Å². The Morgan fingerprint density at radius 1 is 1.02 bits per heavy atom. The lowest BCUT2D eigenvalue weighted by molar-refractivity contribution is -0.351. The van der Waals surface area contributed by atoms with Crippen LogP contribution in [0.3, 0.4) is 0 Å². The van der Waals surface area contributed by atoms with E-state index in [1.54, 1.807) is 44.2 Å². The molecule has 0 radical (unpaired) electrons. The van der Waals surface area contributed by atoms with E-state index in [9.17, 15) is 34.8 Å². The number of hydrogen-bond acceptors (Lipinski definition) is 11. The van der Waals surface area contributed by atoms with Crippen LogP contribution >= 0.6 is 0 Å². The van der Waals surface area contributed by atoms with Crippen LogP contribution in [0.2, 0.25) is 0 Å². The van der Waals surface area contributed by atoms with Crippen LogP contribution in [0.25, 0.3) is 0 Å². The van der Waals surface area contributed by atoms with Crippen LogP contribution in [0.4, 0.5) is 0 Å². The van der Waals surface area contributed by atoms with Crippen LogP contribution in [0.1, 0.15) is 64.7 Å². The molecule has 10 atom stereocenters. The summed E-state index contributed by atoms with van der Waals surface area (Å²) >= 11 is 0. The molecule has 230 valence electrons. The lowest BCUT2D eigenvalue weighted by Crippen LogP contribution is -2.79. The fourth-order valence-corrected chi connectivity index (χ4v) is 8.35. The summed E-state index contributed by atoms with van der Waals surface area (Å²) in [5.74, 6) is -3.22. The Labute approximate surface area is 244 Å². The zero-order chi connectivity index (χ0) is 31.0. The van der Waals surface area contributed by atoms with Gasteiger partial charge in [-0.1, -0.05) is 25.1 Å². The minimum atomic E-state index is -1.74.